The van der Waals surface area contributed by atoms with E-state index in [2.05, 4.69) is 31.3 Å². The topological polar surface area (TPSA) is 68.4 Å². The van der Waals surface area contributed by atoms with Crippen molar-refractivity contribution in [2.45, 2.75) is 50.6 Å². The largest absolute Gasteiger partial charge is 0.348 e. The molecule has 1 aromatic heterocycles. The number of carbonyl (C=O) groups is 1. The number of carbonyl (C=O) groups excluding carboxylic acids is 1. The van der Waals surface area contributed by atoms with Crippen LogP contribution in [0.4, 0.5) is 5.69 Å². The van der Waals surface area contributed by atoms with E-state index in [0.29, 0.717) is 0 Å². The highest BCUT2D eigenvalue weighted by molar-refractivity contribution is 8.00. The van der Waals surface area contributed by atoms with E-state index in [1.54, 1.807) is 0 Å². The van der Waals surface area contributed by atoms with Crippen molar-refractivity contribution in [1.82, 2.24) is 9.55 Å². The molecule has 1 aliphatic carbocycles. The van der Waals surface area contributed by atoms with Gasteiger partial charge in [0.15, 0.2) is 0 Å². The Morgan fingerprint density at radius 2 is 2.00 bits per heavy atom. The number of rotatable bonds is 9. The number of fused-ring (bicyclic) bond motifs is 1. The molecule has 2 aromatic rings. The molecule has 7 heteroatoms. The summed E-state index contributed by atoms with van der Waals surface area (Å²) in [6.45, 7) is 3.85. The smallest absolute Gasteiger partial charge is 0.340 e. The van der Waals surface area contributed by atoms with Crippen LogP contribution in [0.5, 0.6) is 0 Å². The van der Waals surface area contributed by atoms with Gasteiger partial charge in [-0.1, -0.05) is 30.8 Å². The molecule has 0 saturated heterocycles. The molecular weight excluding hydrogens is 384 g/mol. The summed E-state index contributed by atoms with van der Waals surface area (Å²) in [5.74, 6) is 0.175. The molecule has 0 radical (unpaired) electrons. The lowest BCUT2D eigenvalue weighted by Gasteiger charge is -2.15. The molecule has 0 unspecified atom stereocenters. The summed E-state index contributed by atoms with van der Waals surface area (Å²) < 4.78 is 1.85. The van der Waals surface area contributed by atoms with Crippen LogP contribution in [0, 0.1) is 0 Å². The van der Waals surface area contributed by atoms with Crippen LogP contribution in [0.15, 0.2) is 34.1 Å². The number of nitrogens with one attached hydrogen (secondary N) is 2. The molecule has 0 atom stereocenters. The third kappa shape index (κ3) is 5.70. The molecule has 0 aliphatic heterocycles. The molecule has 3 rings (SSSR count). The zero-order valence-electron chi connectivity index (χ0n) is 17.6. The molecule has 0 saturated carbocycles. The van der Waals surface area contributed by atoms with Gasteiger partial charge in [0.05, 0.1) is 26.4 Å². The molecule has 2 N–H and O–H groups in total. The number of hydrogen-bond donors (Lipinski definition) is 2. The zero-order chi connectivity index (χ0) is 20.8. The van der Waals surface area contributed by atoms with Crippen LogP contribution in [0.25, 0.3) is 0 Å². The van der Waals surface area contributed by atoms with Crippen molar-refractivity contribution in [3.05, 3.63) is 51.6 Å². The van der Waals surface area contributed by atoms with Gasteiger partial charge in [-0.3, -0.25) is 9.36 Å². The Morgan fingerprint density at radius 3 is 2.69 bits per heavy atom. The van der Waals surface area contributed by atoms with Crippen LogP contribution >= 0.6 is 11.8 Å². The standard InChI is InChI=1S/C22H30N4O2S/c1-4-16-9-11-17(12-10-16)23-20(27)15-29-21-18-7-5-8-19(18)26(22(28)24-21)14-6-13-25(2)3/h9-12H,4-8,13-15H2,1-3H3,(H,23,27)/p+1. The van der Waals surface area contributed by atoms with E-state index in [9.17, 15) is 9.59 Å². The van der Waals surface area contributed by atoms with Crippen molar-refractivity contribution in [1.29, 1.82) is 0 Å². The van der Waals surface area contributed by atoms with E-state index in [0.717, 1.165) is 67.2 Å². The number of thioether (sulfide) groups is 1. The first-order chi connectivity index (χ1) is 14.0. The second-order valence-corrected chi connectivity index (χ2v) is 8.79. The van der Waals surface area contributed by atoms with Gasteiger partial charge in [-0.25, -0.2) is 4.79 Å². The fraction of sp³-hybridized carbons (Fsp3) is 0.500. The lowest BCUT2D eigenvalue weighted by atomic mass is 10.1. The molecule has 1 amide bonds. The maximum absolute atomic E-state index is 12.6. The highest BCUT2D eigenvalue weighted by Gasteiger charge is 2.22. The highest BCUT2D eigenvalue weighted by Crippen LogP contribution is 2.29. The van der Waals surface area contributed by atoms with E-state index in [1.165, 1.54) is 22.2 Å². The molecule has 156 valence electrons. The Balaban J connectivity index is 1.64. The molecule has 29 heavy (non-hydrogen) atoms. The number of aryl methyl sites for hydroxylation is 1. The minimum atomic E-state index is -0.183. The summed E-state index contributed by atoms with van der Waals surface area (Å²) in [7, 11) is 4.24. The van der Waals surface area contributed by atoms with Crippen LogP contribution < -0.4 is 15.9 Å². The zero-order valence-corrected chi connectivity index (χ0v) is 18.4. The lowest BCUT2D eigenvalue weighted by molar-refractivity contribution is -0.858. The molecular formula is C22H31N4O2S+. The Labute approximate surface area is 176 Å². The first-order valence-electron chi connectivity index (χ1n) is 10.4. The first-order valence-corrected chi connectivity index (χ1v) is 11.4. The summed E-state index contributed by atoms with van der Waals surface area (Å²) in [6.07, 6.45) is 4.84. The number of benzene rings is 1. The SMILES string of the molecule is CCc1ccc(NC(=O)CSc2nc(=O)n(CCC[NH+](C)C)c3c2CCC3)cc1. The molecule has 0 spiro atoms. The van der Waals surface area contributed by atoms with Gasteiger partial charge >= 0.3 is 5.69 Å². The number of quaternary nitrogens is 1. The average Bonchev–Trinajstić information content (AvgIpc) is 3.18. The lowest BCUT2D eigenvalue weighted by Crippen LogP contribution is -3.05. The molecule has 1 aromatic carbocycles. The van der Waals surface area contributed by atoms with Crippen molar-refractivity contribution in [2.75, 3.05) is 31.7 Å². The van der Waals surface area contributed by atoms with Crippen molar-refractivity contribution >= 4 is 23.4 Å². The van der Waals surface area contributed by atoms with Crippen molar-refractivity contribution in [3.63, 3.8) is 0 Å². The minimum Gasteiger partial charge on any atom is -0.340 e. The Bertz CT molecular complexity index is 906. The summed E-state index contributed by atoms with van der Waals surface area (Å²) in [5.41, 5.74) is 4.13. The van der Waals surface area contributed by atoms with Crippen LogP contribution in [-0.4, -0.2) is 41.9 Å². The van der Waals surface area contributed by atoms with Gasteiger partial charge in [0, 0.05) is 29.9 Å². The van der Waals surface area contributed by atoms with E-state index in [4.69, 9.17) is 0 Å². The van der Waals surface area contributed by atoms with E-state index >= 15 is 0 Å². The van der Waals surface area contributed by atoms with Gasteiger partial charge in [0.1, 0.15) is 5.03 Å². The maximum Gasteiger partial charge on any atom is 0.348 e. The normalized spacial score (nSPS) is 13.0. The van der Waals surface area contributed by atoms with Crippen molar-refractivity contribution in [3.8, 4) is 0 Å². The fourth-order valence-electron chi connectivity index (χ4n) is 3.68. The summed E-state index contributed by atoms with van der Waals surface area (Å²) in [6, 6.07) is 7.89. The molecule has 1 heterocycles. The summed E-state index contributed by atoms with van der Waals surface area (Å²) >= 11 is 1.37. The maximum atomic E-state index is 12.6. The predicted octanol–water partition coefficient (Wildman–Crippen LogP) is 1.56. The highest BCUT2D eigenvalue weighted by atomic mass is 32.2. The number of amides is 1. The number of anilines is 1. The number of hydrogen-bond acceptors (Lipinski definition) is 4. The van der Waals surface area contributed by atoms with Crippen LogP contribution in [0.3, 0.4) is 0 Å². The fourth-order valence-corrected chi connectivity index (χ4v) is 4.56. The minimum absolute atomic E-state index is 0.0778. The Hall–Kier alpha value is -2.12. The predicted molar refractivity (Wildman–Crippen MR) is 118 cm³/mol. The Morgan fingerprint density at radius 1 is 1.24 bits per heavy atom. The quantitative estimate of drug-likeness (QED) is 0.482. The Kier molecular flexibility index (Phi) is 7.50. The first kappa shape index (κ1) is 21.6. The van der Waals surface area contributed by atoms with E-state index in [1.807, 2.05) is 28.8 Å². The monoisotopic (exact) mass is 415 g/mol. The number of nitrogens with zero attached hydrogens (tertiary/aromatic N) is 2. The third-order valence-electron chi connectivity index (χ3n) is 5.25. The molecule has 1 aliphatic rings. The van der Waals surface area contributed by atoms with E-state index < -0.39 is 0 Å². The van der Waals surface area contributed by atoms with Crippen molar-refractivity contribution in [2.24, 2.45) is 0 Å². The summed E-state index contributed by atoms with van der Waals surface area (Å²) in [5, 5.41) is 3.65. The number of aromatic nitrogens is 2. The third-order valence-corrected chi connectivity index (χ3v) is 6.26. The van der Waals surface area contributed by atoms with Crippen LogP contribution in [0.2, 0.25) is 0 Å². The van der Waals surface area contributed by atoms with Gasteiger partial charge in [0.25, 0.3) is 0 Å². The van der Waals surface area contributed by atoms with Crippen LogP contribution in [0.1, 0.15) is 36.6 Å². The van der Waals surface area contributed by atoms with Gasteiger partial charge < -0.3 is 10.2 Å². The molecule has 0 fully saturated rings. The van der Waals surface area contributed by atoms with Gasteiger partial charge in [-0.2, -0.15) is 4.98 Å². The second-order valence-electron chi connectivity index (χ2n) is 7.83. The van der Waals surface area contributed by atoms with Gasteiger partial charge in [-0.15, -0.1) is 0 Å². The van der Waals surface area contributed by atoms with Gasteiger partial charge in [0.2, 0.25) is 5.91 Å². The van der Waals surface area contributed by atoms with Crippen molar-refractivity contribution < 1.29 is 9.69 Å². The summed E-state index contributed by atoms with van der Waals surface area (Å²) in [4.78, 5) is 30.7. The molecule has 6 nitrogen and oxygen atoms in total. The van der Waals surface area contributed by atoms with Crippen LogP contribution in [-0.2, 0) is 30.6 Å². The second kappa shape index (κ2) is 10.1. The van der Waals surface area contributed by atoms with E-state index in [-0.39, 0.29) is 17.3 Å². The average molecular weight is 416 g/mol. The molecule has 0 bridgehead atoms. The van der Waals surface area contributed by atoms with Gasteiger partial charge in [-0.05, 0) is 43.4 Å².